The van der Waals surface area contributed by atoms with Crippen LogP contribution in [-0.2, 0) is 0 Å². The topological polar surface area (TPSA) is 118 Å². The van der Waals surface area contributed by atoms with Gasteiger partial charge in [0.2, 0.25) is 0 Å². The van der Waals surface area contributed by atoms with Crippen molar-refractivity contribution in [2.45, 2.75) is 25.7 Å². The molecule has 8 nitrogen and oxygen atoms in total. The third kappa shape index (κ3) is 4.93. The summed E-state index contributed by atoms with van der Waals surface area (Å²) >= 11 is 0. The van der Waals surface area contributed by atoms with Crippen LogP contribution in [0, 0.1) is 18.3 Å². The fourth-order valence-corrected chi connectivity index (χ4v) is 5.27. The molecule has 3 N–H and O–H groups in total. The first-order chi connectivity index (χ1) is 15.9. The molecule has 3 aromatic rings. The summed E-state index contributed by atoms with van der Waals surface area (Å²) in [6.07, 6.45) is 5.82. The minimum atomic E-state index is -2.44. The van der Waals surface area contributed by atoms with E-state index in [9.17, 15) is 9.11 Å². The van der Waals surface area contributed by atoms with E-state index in [1.807, 2.05) is 12.3 Å². The van der Waals surface area contributed by atoms with Crippen LogP contribution in [-0.4, -0.2) is 48.7 Å². The third-order valence-electron chi connectivity index (χ3n) is 6.11. The molecule has 0 atom stereocenters. The number of aryl methyl sites for hydroxylation is 1. The van der Waals surface area contributed by atoms with Gasteiger partial charge in [0.15, 0.2) is 0 Å². The molecule has 0 aromatic carbocycles. The van der Waals surface area contributed by atoms with Gasteiger partial charge in [-0.05, 0) is 67.1 Å². The lowest BCUT2D eigenvalue weighted by Gasteiger charge is -2.41. The molecule has 0 bridgehead atoms. The molecule has 2 fully saturated rings. The van der Waals surface area contributed by atoms with Gasteiger partial charge in [-0.1, -0.05) is 0 Å². The Morgan fingerprint density at radius 3 is 2.58 bits per heavy atom. The summed E-state index contributed by atoms with van der Waals surface area (Å²) in [5, 5.41) is 12.4. The molecule has 1 saturated heterocycles. The zero-order chi connectivity index (χ0) is 23.0. The van der Waals surface area contributed by atoms with Crippen molar-refractivity contribution in [1.29, 1.82) is 5.26 Å². The molecule has 3 aromatic heterocycles. The maximum atomic E-state index is 9.88. The van der Waals surface area contributed by atoms with Gasteiger partial charge in [0.05, 0.1) is 28.8 Å². The van der Waals surface area contributed by atoms with Crippen LogP contribution >= 0.6 is 10.6 Å². The average molecular weight is 463 g/mol. The van der Waals surface area contributed by atoms with E-state index in [2.05, 4.69) is 45.3 Å². The second-order valence-electron chi connectivity index (χ2n) is 8.67. The van der Waals surface area contributed by atoms with Crippen LogP contribution in [0.4, 0.5) is 17.5 Å². The van der Waals surface area contributed by atoms with E-state index in [-0.39, 0.29) is 0 Å². The Kier molecular flexibility index (Phi) is 5.66. The van der Waals surface area contributed by atoms with Gasteiger partial charge < -0.3 is 10.2 Å². The van der Waals surface area contributed by atoms with Crippen molar-refractivity contribution in [3.05, 3.63) is 59.4 Å². The highest BCUT2D eigenvalue weighted by atomic mass is 32.3. The zero-order valence-corrected chi connectivity index (χ0v) is 19.2. The number of aromatic nitrogens is 3. The van der Waals surface area contributed by atoms with Crippen molar-refractivity contribution in [1.82, 2.24) is 15.0 Å². The molecule has 4 heterocycles. The minimum Gasteiger partial charge on any atom is -0.353 e. The molecule has 1 saturated carbocycles. The molecule has 0 amide bonds. The Hall–Kier alpha value is -3.19. The van der Waals surface area contributed by atoms with Gasteiger partial charge in [0, 0.05) is 31.0 Å². The first kappa shape index (κ1) is 21.6. The van der Waals surface area contributed by atoms with Gasteiger partial charge in [0.1, 0.15) is 17.5 Å². The highest BCUT2D eigenvalue weighted by Crippen LogP contribution is 2.43. The van der Waals surface area contributed by atoms with Crippen molar-refractivity contribution in [2.75, 3.05) is 34.8 Å². The van der Waals surface area contributed by atoms with E-state index in [1.165, 1.54) is 18.4 Å². The summed E-state index contributed by atoms with van der Waals surface area (Å²) < 4.78 is 19.8. The van der Waals surface area contributed by atoms with Crippen LogP contribution in [0.5, 0.6) is 0 Å². The molecular weight excluding hydrogens is 436 g/mol. The summed E-state index contributed by atoms with van der Waals surface area (Å²) in [6, 6.07) is 11.8. The highest BCUT2D eigenvalue weighted by molar-refractivity contribution is 8.24. The predicted molar refractivity (Wildman–Crippen MR) is 131 cm³/mol. The van der Waals surface area contributed by atoms with Crippen molar-refractivity contribution in [2.24, 2.45) is 0 Å². The first-order valence-electron chi connectivity index (χ1n) is 11.0. The van der Waals surface area contributed by atoms with Crippen molar-refractivity contribution >= 4 is 28.0 Å². The molecule has 0 unspecified atom stereocenters. The summed E-state index contributed by atoms with van der Waals surface area (Å²) in [5.74, 6) is 3.45. The Morgan fingerprint density at radius 1 is 1.09 bits per heavy atom. The normalized spacial score (nSPS) is 18.4. The van der Waals surface area contributed by atoms with Crippen molar-refractivity contribution in [3.8, 4) is 17.3 Å². The van der Waals surface area contributed by atoms with E-state index in [0.717, 1.165) is 22.6 Å². The molecule has 2 aliphatic rings. The lowest BCUT2D eigenvalue weighted by molar-refractivity contribution is 0.479. The molecule has 33 heavy (non-hydrogen) atoms. The van der Waals surface area contributed by atoms with Crippen molar-refractivity contribution < 1.29 is 9.11 Å². The fraction of sp³-hybridized carbons (Fsp3) is 0.333. The molecule has 5 rings (SSSR count). The van der Waals surface area contributed by atoms with Gasteiger partial charge in [-0.15, -0.1) is 0 Å². The summed E-state index contributed by atoms with van der Waals surface area (Å²) in [4.78, 5) is 15.9. The van der Waals surface area contributed by atoms with Gasteiger partial charge in [-0.25, -0.2) is 15.0 Å². The molecule has 9 heteroatoms. The van der Waals surface area contributed by atoms with Crippen LogP contribution in [0.15, 0.2) is 42.7 Å². The van der Waals surface area contributed by atoms with E-state index in [4.69, 9.17) is 10.2 Å². The maximum absolute atomic E-state index is 9.88. The SMILES string of the molecule is Cc1cc(N2CCS(O)(O)CC2)ncc1-c1cc(C2CC2)cc(Nc2cc(C#N)ccn2)n1. The highest BCUT2D eigenvalue weighted by Gasteiger charge is 2.26. The van der Waals surface area contributed by atoms with Crippen LogP contribution < -0.4 is 10.2 Å². The lowest BCUT2D eigenvalue weighted by Crippen LogP contribution is -2.38. The number of hydrogen-bond donors (Lipinski definition) is 3. The Morgan fingerprint density at radius 2 is 1.88 bits per heavy atom. The van der Waals surface area contributed by atoms with Gasteiger partial charge in [0.25, 0.3) is 0 Å². The number of nitrogens with zero attached hydrogens (tertiary/aromatic N) is 5. The number of anilines is 3. The van der Waals surface area contributed by atoms with Gasteiger partial charge >= 0.3 is 0 Å². The number of nitrogens with one attached hydrogen (secondary N) is 1. The van der Waals surface area contributed by atoms with E-state index in [0.29, 0.717) is 47.7 Å². The number of rotatable bonds is 5. The number of pyridine rings is 3. The summed E-state index contributed by atoms with van der Waals surface area (Å²) in [6.45, 7) is 3.23. The Bertz CT molecular complexity index is 1230. The predicted octanol–water partition coefficient (Wildman–Crippen LogP) is 4.91. The minimum absolute atomic E-state index is 0.385. The van der Waals surface area contributed by atoms with E-state index < -0.39 is 10.6 Å². The zero-order valence-electron chi connectivity index (χ0n) is 18.4. The lowest BCUT2D eigenvalue weighted by atomic mass is 10.0. The Balaban J connectivity index is 1.44. The maximum Gasteiger partial charge on any atom is 0.132 e. The third-order valence-corrected chi connectivity index (χ3v) is 7.79. The molecule has 1 aliphatic carbocycles. The van der Waals surface area contributed by atoms with E-state index in [1.54, 1.807) is 18.3 Å². The van der Waals surface area contributed by atoms with Crippen LogP contribution in [0.2, 0.25) is 0 Å². The molecule has 0 radical (unpaired) electrons. The second-order valence-corrected chi connectivity index (χ2v) is 11.1. The summed E-state index contributed by atoms with van der Waals surface area (Å²) in [5.41, 5.74) is 4.66. The van der Waals surface area contributed by atoms with Gasteiger partial charge in [-0.3, -0.25) is 9.11 Å². The smallest absolute Gasteiger partial charge is 0.132 e. The second kappa shape index (κ2) is 8.63. The molecule has 1 aliphatic heterocycles. The standard InChI is InChI=1S/C24H26N6O2S/c1-16-10-24(30-6-8-33(31,32)9-7-30)27-15-20(16)21-12-19(18-2-3-18)13-23(28-21)29-22-11-17(14-25)4-5-26-22/h4-5,10-13,15,18,31-32H,2-3,6-9H2,1H3,(H,26,28,29). The van der Waals surface area contributed by atoms with Crippen LogP contribution in [0.25, 0.3) is 11.3 Å². The van der Waals surface area contributed by atoms with Gasteiger partial charge in [-0.2, -0.15) is 15.9 Å². The van der Waals surface area contributed by atoms with Crippen molar-refractivity contribution in [3.63, 3.8) is 0 Å². The first-order valence-corrected chi connectivity index (χ1v) is 12.9. The average Bonchev–Trinajstić information content (AvgIpc) is 3.64. The Labute approximate surface area is 194 Å². The fourth-order valence-electron chi connectivity index (χ4n) is 4.04. The molecule has 170 valence electrons. The monoisotopic (exact) mass is 462 g/mol. The molecular formula is C24H26N6O2S. The largest absolute Gasteiger partial charge is 0.353 e. The number of hydrogen-bond acceptors (Lipinski definition) is 8. The van der Waals surface area contributed by atoms with Crippen LogP contribution in [0.1, 0.15) is 35.4 Å². The quantitative estimate of drug-likeness (QED) is 0.489. The summed E-state index contributed by atoms with van der Waals surface area (Å²) in [7, 11) is -2.44. The number of nitriles is 1. The van der Waals surface area contributed by atoms with E-state index >= 15 is 0 Å². The van der Waals surface area contributed by atoms with Crippen LogP contribution in [0.3, 0.4) is 0 Å². The molecule has 0 spiro atoms.